The number of amides is 1. The molecule has 1 aromatic carbocycles. The molecule has 1 aliphatic heterocycles. The first kappa shape index (κ1) is 8.04. The molecule has 1 fully saturated rings. The monoisotopic (exact) mass is 187 g/mol. The predicted octanol–water partition coefficient (Wildman–Crippen LogP) is 1.81. The molecule has 1 amide bonds. The van der Waals surface area contributed by atoms with Crippen LogP contribution in [0.5, 0.6) is 0 Å². The van der Waals surface area contributed by atoms with Gasteiger partial charge in [-0.1, -0.05) is 24.3 Å². The van der Waals surface area contributed by atoms with Gasteiger partial charge in [0.2, 0.25) is 5.91 Å². The van der Waals surface area contributed by atoms with Gasteiger partial charge in [-0.05, 0) is 29.9 Å². The van der Waals surface area contributed by atoms with E-state index in [0.717, 1.165) is 19.3 Å². The normalized spacial score (nSPS) is 29.3. The molecular formula is C12H13NO. The Hall–Kier alpha value is -1.31. The highest BCUT2D eigenvalue weighted by molar-refractivity contribution is 5.79. The van der Waals surface area contributed by atoms with Crippen molar-refractivity contribution in [2.75, 3.05) is 0 Å². The number of rotatable bonds is 0. The second-order valence-electron chi connectivity index (χ2n) is 4.25. The summed E-state index contributed by atoms with van der Waals surface area (Å²) in [6, 6.07) is 8.77. The summed E-state index contributed by atoms with van der Waals surface area (Å²) in [7, 11) is 0. The van der Waals surface area contributed by atoms with Crippen LogP contribution in [0.2, 0.25) is 0 Å². The summed E-state index contributed by atoms with van der Waals surface area (Å²) < 4.78 is 0. The van der Waals surface area contributed by atoms with Gasteiger partial charge in [0.05, 0.1) is 6.04 Å². The fourth-order valence-electron chi connectivity index (χ4n) is 2.71. The smallest absolute Gasteiger partial charge is 0.220 e. The van der Waals surface area contributed by atoms with Gasteiger partial charge in [0.25, 0.3) is 0 Å². The van der Waals surface area contributed by atoms with E-state index < -0.39 is 0 Å². The van der Waals surface area contributed by atoms with E-state index in [1.54, 1.807) is 0 Å². The molecule has 1 saturated heterocycles. The van der Waals surface area contributed by atoms with Crippen LogP contribution >= 0.6 is 0 Å². The van der Waals surface area contributed by atoms with Gasteiger partial charge in [0, 0.05) is 6.42 Å². The van der Waals surface area contributed by atoms with Crippen molar-refractivity contribution in [1.29, 1.82) is 0 Å². The van der Waals surface area contributed by atoms with E-state index in [1.807, 2.05) is 0 Å². The SMILES string of the molecule is O=C1CC2CCc3ccccc3C2N1. The van der Waals surface area contributed by atoms with Gasteiger partial charge in [-0.3, -0.25) is 4.79 Å². The Bertz CT molecular complexity index is 386. The lowest BCUT2D eigenvalue weighted by molar-refractivity contribution is -0.119. The molecule has 0 saturated carbocycles. The summed E-state index contributed by atoms with van der Waals surface area (Å²) in [6.45, 7) is 0. The summed E-state index contributed by atoms with van der Waals surface area (Å²) in [5.74, 6) is 0.758. The number of benzene rings is 1. The average Bonchev–Trinajstić information content (AvgIpc) is 2.59. The minimum absolute atomic E-state index is 0.219. The average molecular weight is 187 g/mol. The first-order valence-electron chi connectivity index (χ1n) is 5.22. The molecular weight excluding hydrogens is 174 g/mol. The van der Waals surface area contributed by atoms with Crippen LogP contribution in [0.25, 0.3) is 0 Å². The molecule has 0 spiro atoms. The lowest BCUT2D eigenvalue weighted by Gasteiger charge is -2.27. The van der Waals surface area contributed by atoms with Crippen LogP contribution in [0.1, 0.15) is 30.0 Å². The second kappa shape index (κ2) is 2.84. The molecule has 0 aromatic heterocycles. The van der Waals surface area contributed by atoms with E-state index in [0.29, 0.717) is 12.0 Å². The highest BCUT2D eigenvalue weighted by atomic mass is 16.2. The molecule has 2 nitrogen and oxygen atoms in total. The van der Waals surface area contributed by atoms with Crippen LogP contribution in [0, 0.1) is 5.92 Å². The topological polar surface area (TPSA) is 29.1 Å². The summed E-state index contributed by atoms with van der Waals surface area (Å²) in [5.41, 5.74) is 2.76. The molecule has 2 aliphatic rings. The Kier molecular flexibility index (Phi) is 1.63. The van der Waals surface area contributed by atoms with Crippen LogP contribution in [-0.4, -0.2) is 5.91 Å². The molecule has 1 N–H and O–H groups in total. The maximum absolute atomic E-state index is 11.3. The molecule has 1 aliphatic carbocycles. The molecule has 2 unspecified atom stereocenters. The van der Waals surface area contributed by atoms with Gasteiger partial charge >= 0.3 is 0 Å². The van der Waals surface area contributed by atoms with Crippen molar-refractivity contribution in [3.63, 3.8) is 0 Å². The maximum atomic E-state index is 11.3. The first-order chi connectivity index (χ1) is 6.84. The molecule has 2 heteroatoms. The lowest BCUT2D eigenvalue weighted by Crippen LogP contribution is -2.25. The van der Waals surface area contributed by atoms with Crippen molar-refractivity contribution in [1.82, 2.24) is 5.32 Å². The molecule has 2 atom stereocenters. The third-order valence-electron chi connectivity index (χ3n) is 3.41. The summed E-state index contributed by atoms with van der Waals surface area (Å²) in [5, 5.41) is 3.07. The minimum Gasteiger partial charge on any atom is -0.349 e. The second-order valence-corrected chi connectivity index (χ2v) is 4.25. The number of nitrogens with one attached hydrogen (secondary N) is 1. The van der Waals surface area contributed by atoms with E-state index in [-0.39, 0.29) is 5.91 Å². The number of carbonyl (C=O) groups is 1. The molecule has 1 aromatic rings. The van der Waals surface area contributed by atoms with Gasteiger partial charge < -0.3 is 5.32 Å². The number of fused-ring (bicyclic) bond motifs is 3. The van der Waals surface area contributed by atoms with Crippen molar-refractivity contribution in [2.45, 2.75) is 25.3 Å². The van der Waals surface area contributed by atoms with Crippen molar-refractivity contribution >= 4 is 5.91 Å². The van der Waals surface area contributed by atoms with E-state index in [4.69, 9.17) is 0 Å². The first-order valence-corrected chi connectivity index (χ1v) is 5.22. The Morgan fingerprint density at radius 3 is 3.07 bits per heavy atom. The Labute approximate surface area is 83.3 Å². The van der Waals surface area contributed by atoms with E-state index in [1.165, 1.54) is 11.1 Å². The third kappa shape index (κ3) is 1.07. The molecule has 0 bridgehead atoms. The van der Waals surface area contributed by atoms with Crippen molar-refractivity contribution < 1.29 is 4.79 Å². The highest BCUT2D eigenvalue weighted by Gasteiger charge is 2.36. The highest BCUT2D eigenvalue weighted by Crippen LogP contribution is 2.39. The maximum Gasteiger partial charge on any atom is 0.220 e. The fraction of sp³-hybridized carbons (Fsp3) is 0.417. The van der Waals surface area contributed by atoms with Gasteiger partial charge in [-0.2, -0.15) is 0 Å². The zero-order chi connectivity index (χ0) is 9.54. The Morgan fingerprint density at radius 2 is 2.14 bits per heavy atom. The standard InChI is InChI=1S/C12H13NO/c14-11-7-9-6-5-8-3-1-2-4-10(8)12(9)13-11/h1-4,9,12H,5-7H2,(H,13,14). The van der Waals surface area contributed by atoms with Gasteiger partial charge in [-0.15, -0.1) is 0 Å². The largest absolute Gasteiger partial charge is 0.349 e. The van der Waals surface area contributed by atoms with Crippen LogP contribution in [0.15, 0.2) is 24.3 Å². The zero-order valence-corrected chi connectivity index (χ0v) is 7.99. The van der Waals surface area contributed by atoms with Crippen molar-refractivity contribution in [2.24, 2.45) is 5.92 Å². The summed E-state index contributed by atoms with van der Waals surface area (Å²) in [6.07, 6.45) is 3.01. The lowest BCUT2D eigenvalue weighted by atomic mass is 9.81. The zero-order valence-electron chi connectivity index (χ0n) is 7.99. The van der Waals surface area contributed by atoms with Gasteiger partial charge in [0.15, 0.2) is 0 Å². The Morgan fingerprint density at radius 1 is 1.29 bits per heavy atom. The number of aryl methyl sites for hydroxylation is 1. The van der Waals surface area contributed by atoms with E-state index in [2.05, 4.69) is 29.6 Å². The molecule has 3 rings (SSSR count). The third-order valence-corrected chi connectivity index (χ3v) is 3.41. The minimum atomic E-state index is 0.219. The quantitative estimate of drug-likeness (QED) is 0.659. The molecule has 72 valence electrons. The van der Waals surface area contributed by atoms with Crippen molar-refractivity contribution in [3.8, 4) is 0 Å². The van der Waals surface area contributed by atoms with Gasteiger partial charge in [-0.25, -0.2) is 0 Å². The Balaban J connectivity index is 2.05. The number of carbonyl (C=O) groups excluding carboxylic acids is 1. The van der Waals surface area contributed by atoms with Crippen LogP contribution in [0.4, 0.5) is 0 Å². The summed E-state index contributed by atoms with van der Waals surface area (Å²) >= 11 is 0. The van der Waals surface area contributed by atoms with Crippen LogP contribution in [0.3, 0.4) is 0 Å². The van der Waals surface area contributed by atoms with Crippen molar-refractivity contribution in [3.05, 3.63) is 35.4 Å². The van der Waals surface area contributed by atoms with Gasteiger partial charge in [0.1, 0.15) is 0 Å². The number of hydrogen-bond acceptors (Lipinski definition) is 1. The summed E-state index contributed by atoms with van der Waals surface area (Å²) in [4.78, 5) is 11.3. The molecule has 0 radical (unpaired) electrons. The molecule has 1 heterocycles. The number of hydrogen-bond donors (Lipinski definition) is 1. The fourth-order valence-corrected chi connectivity index (χ4v) is 2.71. The van der Waals surface area contributed by atoms with E-state index in [9.17, 15) is 4.79 Å². The molecule has 14 heavy (non-hydrogen) atoms. The predicted molar refractivity (Wildman–Crippen MR) is 53.8 cm³/mol. The van der Waals surface area contributed by atoms with Crippen LogP contribution < -0.4 is 5.32 Å². The van der Waals surface area contributed by atoms with E-state index >= 15 is 0 Å². The van der Waals surface area contributed by atoms with Crippen LogP contribution in [-0.2, 0) is 11.2 Å².